The standard InChI is InChI=1S/C16H30O3/c1-16(13-18-14-16)12-17-10-8-6-4-2-3-5-7-9-15-11-19-15/h15H,2-14H2,1H3. The first-order valence-corrected chi connectivity index (χ1v) is 8.06. The minimum Gasteiger partial charge on any atom is -0.381 e. The maximum absolute atomic E-state index is 5.73. The van der Waals surface area contributed by atoms with E-state index >= 15 is 0 Å². The fraction of sp³-hybridized carbons (Fsp3) is 1.00. The molecular weight excluding hydrogens is 240 g/mol. The molecule has 2 aliphatic rings. The maximum atomic E-state index is 5.73. The maximum Gasteiger partial charge on any atom is 0.0810 e. The van der Waals surface area contributed by atoms with Crippen LogP contribution in [0.4, 0.5) is 0 Å². The van der Waals surface area contributed by atoms with Crippen LogP contribution in [0.15, 0.2) is 0 Å². The van der Waals surface area contributed by atoms with Crippen molar-refractivity contribution < 1.29 is 14.2 Å². The monoisotopic (exact) mass is 270 g/mol. The van der Waals surface area contributed by atoms with E-state index in [0.29, 0.717) is 11.5 Å². The molecule has 3 nitrogen and oxygen atoms in total. The second kappa shape index (κ2) is 8.23. The summed E-state index contributed by atoms with van der Waals surface area (Å²) >= 11 is 0. The molecule has 2 fully saturated rings. The number of epoxide rings is 1. The highest BCUT2D eigenvalue weighted by Crippen LogP contribution is 2.26. The van der Waals surface area contributed by atoms with Gasteiger partial charge in [-0.25, -0.2) is 0 Å². The second-order valence-corrected chi connectivity index (χ2v) is 6.57. The van der Waals surface area contributed by atoms with Crippen molar-refractivity contribution in [1.29, 1.82) is 0 Å². The summed E-state index contributed by atoms with van der Waals surface area (Å²) in [6.07, 6.45) is 11.3. The van der Waals surface area contributed by atoms with Crippen LogP contribution >= 0.6 is 0 Å². The van der Waals surface area contributed by atoms with Crippen LogP contribution in [0, 0.1) is 5.41 Å². The molecule has 0 N–H and O–H groups in total. The van der Waals surface area contributed by atoms with Gasteiger partial charge in [-0.3, -0.25) is 0 Å². The van der Waals surface area contributed by atoms with Gasteiger partial charge < -0.3 is 14.2 Å². The second-order valence-electron chi connectivity index (χ2n) is 6.57. The predicted octanol–water partition coefficient (Wildman–Crippen LogP) is 3.56. The molecule has 112 valence electrons. The average Bonchev–Trinajstić information content (AvgIpc) is 3.18. The van der Waals surface area contributed by atoms with Crippen molar-refractivity contribution in [3.63, 3.8) is 0 Å². The summed E-state index contributed by atoms with van der Waals surface area (Å²) in [6.45, 7) is 6.80. The lowest BCUT2D eigenvalue weighted by atomic mass is 9.90. The summed E-state index contributed by atoms with van der Waals surface area (Å²) in [6, 6.07) is 0. The minimum absolute atomic E-state index is 0.311. The van der Waals surface area contributed by atoms with Gasteiger partial charge in [0.1, 0.15) is 0 Å². The first-order chi connectivity index (χ1) is 9.29. The molecule has 0 saturated carbocycles. The highest BCUT2D eigenvalue weighted by molar-refractivity contribution is 4.80. The molecule has 0 aromatic heterocycles. The van der Waals surface area contributed by atoms with E-state index in [2.05, 4.69) is 6.92 Å². The van der Waals surface area contributed by atoms with E-state index in [1.807, 2.05) is 0 Å². The molecule has 0 amide bonds. The average molecular weight is 270 g/mol. The van der Waals surface area contributed by atoms with Gasteiger partial charge in [-0.1, -0.05) is 45.4 Å². The van der Waals surface area contributed by atoms with E-state index in [1.54, 1.807) is 0 Å². The molecule has 0 bridgehead atoms. The number of unbranched alkanes of at least 4 members (excludes halogenated alkanes) is 6. The largest absolute Gasteiger partial charge is 0.381 e. The highest BCUT2D eigenvalue weighted by atomic mass is 16.6. The Morgan fingerprint density at radius 1 is 1.00 bits per heavy atom. The fourth-order valence-corrected chi connectivity index (χ4v) is 2.55. The zero-order valence-corrected chi connectivity index (χ0v) is 12.5. The summed E-state index contributed by atoms with van der Waals surface area (Å²) in [4.78, 5) is 0. The Labute approximate surface area is 118 Å². The Kier molecular flexibility index (Phi) is 6.62. The molecule has 0 aromatic carbocycles. The van der Waals surface area contributed by atoms with Gasteiger partial charge in [0.2, 0.25) is 0 Å². The quantitative estimate of drug-likeness (QED) is 0.401. The number of rotatable bonds is 12. The summed E-state index contributed by atoms with van der Waals surface area (Å²) < 4.78 is 16.1. The zero-order chi connectivity index (χ0) is 13.4. The molecule has 2 saturated heterocycles. The molecule has 0 aliphatic carbocycles. The van der Waals surface area contributed by atoms with E-state index in [0.717, 1.165) is 33.0 Å². The fourth-order valence-electron chi connectivity index (χ4n) is 2.55. The van der Waals surface area contributed by atoms with Crippen molar-refractivity contribution in [3.05, 3.63) is 0 Å². The van der Waals surface area contributed by atoms with Crippen LogP contribution in [0.25, 0.3) is 0 Å². The first kappa shape index (κ1) is 15.3. The van der Waals surface area contributed by atoms with Crippen LogP contribution in [-0.4, -0.2) is 39.1 Å². The van der Waals surface area contributed by atoms with E-state index in [4.69, 9.17) is 14.2 Å². The van der Waals surface area contributed by atoms with Gasteiger partial charge in [0.05, 0.1) is 32.5 Å². The van der Waals surface area contributed by atoms with Crippen LogP contribution in [0.1, 0.15) is 58.3 Å². The summed E-state index contributed by atoms with van der Waals surface area (Å²) in [7, 11) is 0. The SMILES string of the molecule is CC1(COCCCCCCCCCC2CO2)COC1. The van der Waals surface area contributed by atoms with Crippen molar-refractivity contribution in [1.82, 2.24) is 0 Å². The molecule has 19 heavy (non-hydrogen) atoms. The Hall–Kier alpha value is -0.120. The minimum atomic E-state index is 0.311. The van der Waals surface area contributed by atoms with Gasteiger partial charge in [0.25, 0.3) is 0 Å². The molecule has 1 atom stereocenters. The number of hydrogen-bond donors (Lipinski definition) is 0. The van der Waals surface area contributed by atoms with Crippen molar-refractivity contribution in [2.24, 2.45) is 5.41 Å². The molecule has 3 heteroatoms. The third kappa shape index (κ3) is 6.73. The van der Waals surface area contributed by atoms with Crippen LogP contribution in [0.2, 0.25) is 0 Å². The number of hydrogen-bond acceptors (Lipinski definition) is 3. The Bertz CT molecular complexity index is 234. The molecule has 2 rings (SSSR count). The normalized spacial score (nSPS) is 24.2. The smallest absolute Gasteiger partial charge is 0.0810 e. The van der Waals surface area contributed by atoms with Crippen molar-refractivity contribution >= 4 is 0 Å². The lowest BCUT2D eigenvalue weighted by Gasteiger charge is -2.37. The van der Waals surface area contributed by atoms with Crippen LogP contribution in [0.3, 0.4) is 0 Å². The van der Waals surface area contributed by atoms with Crippen molar-refractivity contribution in [2.75, 3.05) is 33.0 Å². The first-order valence-electron chi connectivity index (χ1n) is 8.06. The van der Waals surface area contributed by atoms with Gasteiger partial charge in [0, 0.05) is 12.0 Å². The molecular formula is C16H30O3. The van der Waals surface area contributed by atoms with Crippen LogP contribution < -0.4 is 0 Å². The highest BCUT2D eigenvalue weighted by Gasteiger charge is 2.33. The molecule has 2 aliphatic heterocycles. The topological polar surface area (TPSA) is 31.0 Å². The summed E-state index contributed by atoms with van der Waals surface area (Å²) in [5.74, 6) is 0. The van der Waals surface area contributed by atoms with Gasteiger partial charge >= 0.3 is 0 Å². The van der Waals surface area contributed by atoms with Crippen LogP contribution in [0.5, 0.6) is 0 Å². The van der Waals surface area contributed by atoms with E-state index in [1.165, 1.54) is 51.4 Å². The van der Waals surface area contributed by atoms with Crippen molar-refractivity contribution in [3.8, 4) is 0 Å². The van der Waals surface area contributed by atoms with E-state index in [-0.39, 0.29) is 0 Å². The summed E-state index contributed by atoms with van der Waals surface area (Å²) in [5, 5.41) is 0. The van der Waals surface area contributed by atoms with E-state index < -0.39 is 0 Å². The molecule has 1 unspecified atom stereocenters. The third-order valence-electron chi connectivity index (χ3n) is 4.07. The number of ether oxygens (including phenoxy) is 3. The van der Waals surface area contributed by atoms with Gasteiger partial charge in [-0.05, 0) is 12.8 Å². The molecule has 0 radical (unpaired) electrons. The Balaban J connectivity index is 1.25. The zero-order valence-electron chi connectivity index (χ0n) is 12.5. The van der Waals surface area contributed by atoms with E-state index in [9.17, 15) is 0 Å². The van der Waals surface area contributed by atoms with Gasteiger partial charge in [-0.15, -0.1) is 0 Å². The van der Waals surface area contributed by atoms with Crippen LogP contribution in [-0.2, 0) is 14.2 Å². The molecule has 0 spiro atoms. The Morgan fingerprint density at radius 2 is 1.63 bits per heavy atom. The predicted molar refractivity (Wildman–Crippen MR) is 76.4 cm³/mol. The van der Waals surface area contributed by atoms with Gasteiger partial charge in [0.15, 0.2) is 0 Å². The molecule has 2 heterocycles. The Morgan fingerprint density at radius 3 is 2.21 bits per heavy atom. The summed E-state index contributed by atoms with van der Waals surface area (Å²) in [5.41, 5.74) is 0.311. The van der Waals surface area contributed by atoms with Gasteiger partial charge in [-0.2, -0.15) is 0 Å². The lowest BCUT2D eigenvalue weighted by molar-refractivity contribution is -0.137. The lowest BCUT2D eigenvalue weighted by Crippen LogP contribution is -2.43. The third-order valence-corrected chi connectivity index (χ3v) is 4.07. The molecule has 0 aromatic rings. The van der Waals surface area contributed by atoms with Crippen molar-refractivity contribution in [2.45, 2.75) is 64.4 Å².